The van der Waals surface area contributed by atoms with Crippen molar-refractivity contribution in [1.82, 2.24) is 24.7 Å². The molecule has 0 atom stereocenters. The van der Waals surface area contributed by atoms with E-state index >= 15 is 0 Å². The van der Waals surface area contributed by atoms with Crippen LogP contribution in [0.25, 0.3) is 0 Å². The molecule has 35 heavy (non-hydrogen) atoms. The average Bonchev–Trinajstić information content (AvgIpc) is 3.09. The van der Waals surface area contributed by atoms with Crippen LogP contribution in [-0.4, -0.2) is 89.5 Å². The van der Waals surface area contributed by atoms with Gasteiger partial charge in [-0.25, -0.2) is 4.98 Å². The molecular weight excluding hydrogens is 440 g/mol. The van der Waals surface area contributed by atoms with Gasteiger partial charge in [-0.3, -0.25) is 19.5 Å². The van der Waals surface area contributed by atoms with Gasteiger partial charge in [0.15, 0.2) is 0 Å². The molecule has 1 amide bonds. The number of benzene rings is 1. The first kappa shape index (κ1) is 25.4. The number of anilines is 1. The number of hydrogen-bond donors (Lipinski definition) is 1. The van der Waals surface area contributed by atoms with Crippen molar-refractivity contribution in [3.8, 4) is 0 Å². The average molecular weight is 481 g/mol. The van der Waals surface area contributed by atoms with E-state index < -0.39 is 0 Å². The summed E-state index contributed by atoms with van der Waals surface area (Å²) in [6, 6.07) is 12.3. The second kappa shape index (κ2) is 11.4. The van der Waals surface area contributed by atoms with Gasteiger partial charge in [0.05, 0.1) is 5.69 Å². The minimum atomic E-state index is -0.382. The molecule has 2 fully saturated rings. The predicted molar refractivity (Wildman–Crippen MR) is 140 cm³/mol. The zero-order chi connectivity index (χ0) is 24.8. The first-order valence-electron chi connectivity index (χ1n) is 12.9. The van der Waals surface area contributed by atoms with Crippen molar-refractivity contribution >= 4 is 11.9 Å². The highest BCUT2D eigenvalue weighted by Crippen LogP contribution is 2.20. The number of nitrogens with zero attached hydrogens (tertiary/aromatic N) is 5. The minimum absolute atomic E-state index is 0.113. The Kier molecular flexibility index (Phi) is 8.23. The molecule has 2 aliphatic heterocycles. The molecule has 0 aliphatic carbocycles. The lowest BCUT2D eigenvalue weighted by atomic mass is 9.94. The van der Waals surface area contributed by atoms with Gasteiger partial charge in [-0.15, -0.1) is 0 Å². The molecule has 190 valence electrons. The van der Waals surface area contributed by atoms with Gasteiger partial charge in [0.2, 0.25) is 11.9 Å². The van der Waals surface area contributed by atoms with E-state index in [1.54, 1.807) is 6.07 Å². The van der Waals surface area contributed by atoms with Crippen molar-refractivity contribution in [1.29, 1.82) is 0 Å². The summed E-state index contributed by atoms with van der Waals surface area (Å²) in [4.78, 5) is 41.9. The van der Waals surface area contributed by atoms with Crippen LogP contribution >= 0.6 is 0 Å². The number of hydrogen-bond acceptors (Lipinski definition) is 6. The van der Waals surface area contributed by atoms with Gasteiger partial charge in [-0.2, -0.15) is 0 Å². The lowest BCUT2D eigenvalue weighted by Crippen LogP contribution is -2.46. The van der Waals surface area contributed by atoms with Crippen LogP contribution < -0.4 is 10.5 Å². The molecule has 1 aromatic carbocycles. The molecule has 4 rings (SSSR count). The van der Waals surface area contributed by atoms with Crippen LogP contribution in [0.3, 0.4) is 0 Å². The zero-order valence-corrected chi connectivity index (χ0v) is 21.5. The fourth-order valence-corrected chi connectivity index (χ4v) is 4.86. The Morgan fingerprint density at radius 3 is 2.37 bits per heavy atom. The van der Waals surface area contributed by atoms with Crippen molar-refractivity contribution in [2.24, 2.45) is 5.41 Å². The standard InChI is InChI=1S/C27H40N6O2/c1-27(2,3)25(35)32-11-7-12-33(19-18-32)26-28-23(20-24(34)29-26)21-31-16-14-30(15-17-31)13-10-22-8-5-4-6-9-22/h4-6,8-9,20H,7,10-19,21H2,1-3H3,(H,28,29,34). The lowest BCUT2D eigenvalue weighted by Gasteiger charge is -2.34. The summed E-state index contributed by atoms with van der Waals surface area (Å²) >= 11 is 0. The van der Waals surface area contributed by atoms with Gasteiger partial charge in [0, 0.05) is 76.9 Å². The van der Waals surface area contributed by atoms with Crippen LogP contribution in [0.4, 0.5) is 5.95 Å². The largest absolute Gasteiger partial charge is 0.340 e. The lowest BCUT2D eigenvalue weighted by molar-refractivity contribution is -0.139. The molecule has 1 N–H and O–H groups in total. The predicted octanol–water partition coefficient (Wildman–Crippen LogP) is 2.22. The molecule has 0 radical (unpaired) electrons. The Balaban J connectivity index is 1.30. The zero-order valence-electron chi connectivity index (χ0n) is 21.5. The summed E-state index contributed by atoms with van der Waals surface area (Å²) in [6.07, 6.45) is 1.94. The Morgan fingerprint density at radius 2 is 1.66 bits per heavy atom. The van der Waals surface area contributed by atoms with Gasteiger partial charge in [0.25, 0.3) is 5.56 Å². The Morgan fingerprint density at radius 1 is 0.943 bits per heavy atom. The van der Waals surface area contributed by atoms with Crippen molar-refractivity contribution < 1.29 is 4.79 Å². The van der Waals surface area contributed by atoms with Crippen LogP contribution in [0.2, 0.25) is 0 Å². The molecule has 3 heterocycles. The highest BCUT2D eigenvalue weighted by molar-refractivity contribution is 5.81. The molecule has 8 nitrogen and oxygen atoms in total. The Hall–Kier alpha value is -2.71. The fourth-order valence-electron chi connectivity index (χ4n) is 4.86. The number of H-pyrrole nitrogens is 1. The second-order valence-electron chi connectivity index (χ2n) is 10.8. The van der Waals surface area contributed by atoms with Crippen molar-refractivity contribution in [2.75, 3.05) is 63.8 Å². The first-order chi connectivity index (χ1) is 16.8. The molecule has 0 saturated carbocycles. The number of nitrogens with one attached hydrogen (secondary N) is 1. The van der Waals surface area contributed by atoms with Gasteiger partial charge < -0.3 is 14.7 Å². The van der Waals surface area contributed by atoms with Gasteiger partial charge >= 0.3 is 0 Å². The van der Waals surface area contributed by atoms with E-state index in [1.165, 1.54) is 5.56 Å². The first-order valence-corrected chi connectivity index (χ1v) is 12.9. The summed E-state index contributed by atoms with van der Waals surface area (Å²) in [6.45, 7) is 14.5. The third-order valence-electron chi connectivity index (χ3n) is 6.92. The molecule has 2 aliphatic rings. The van der Waals surface area contributed by atoms with Crippen molar-refractivity contribution in [3.63, 3.8) is 0 Å². The van der Waals surface area contributed by atoms with Crippen molar-refractivity contribution in [3.05, 3.63) is 58.0 Å². The maximum absolute atomic E-state index is 12.7. The summed E-state index contributed by atoms with van der Waals surface area (Å²) in [7, 11) is 0. The summed E-state index contributed by atoms with van der Waals surface area (Å²) in [5.74, 6) is 0.802. The van der Waals surface area contributed by atoms with Crippen molar-refractivity contribution in [2.45, 2.75) is 40.2 Å². The topological polar surface area (TPSA) is 75.8 Å². The fraction of sp³-hybridized carbons (Fsp3) is 0.593. The van der Waals surface area contributed by atoms with E-state index in [1.807, 2.05) is 25.7 Å². The number of carbonyl (C=O) groups excluding carboxylic acids is 1. The van der Waals surface area contributed by atoms with Crippen LogP contribution in [0, 0.1) is 5.41 Å². The molecule has 0 spiro atoms. The minimum Gasteiger partial charge on any atom is -0.340 e. The summed E-state index contributed by atoms with van der Waals surface area (Å²) in [5, 5.41) is 0. The normalized spacial score (nSPS) is 18.5. The second-order valence-corrected chi connectivity index (χ2v) is 10.8. The SMILES string of the molecule is CC(C)(C)C(=O)N1CCCN(c2nc(CN3CCN(CCc4ccccc4)CC3)cc(=O)[nH]2)CC1. The number of aromatic amines is 1. The molecule has 2 aromatic rings. The quantitative estimate of drug-likeness (QED) is 0.683. The molecule has 0 bridgehead atoms. The molecular formula is C27H40N6O2. The third kappa shape index (κ3) is 7.15. The van der Waals surface area contributed by atoms with Crippen LogP contribution in [-0.2, 0) is 17.8 Å². The number of amides is 1. The highest BCUT2D eigenvalue weighted by Gasteiger charge is 2.29. The van der Waals surface area contributed by atoms with E-state index in [0.29, 0.717) is 25.6 Å². The number of aromatic nitrogens is 2. The molecule has 0 unspecified atom stereocenters. The number of rotatable bonds is 6. The smallest absolute Gasteiger partial charge is 0.252 e. The van der Waals surface area contributed by atoms with E-state index in [0.717, 1.165) is 64.3 Å². The monoisotopic (exact) mass is 480 g/mol. The van der Waals surface area contributed by atoms with E-state index in [-0.39, 0.29) is 16.9 Å². The molecule has 2 saturated heterocycles. The molecule has 8 heteroatoms. The highest BCUT2D eigenvalue weighted by atomic mass is 16.2. The third-order valence-corrected chi connectivity index (χ3v) is 6.92. The Bertz CT molecular complexity index is 1020. The van der Waals surface area contributed by atoms with Crippen LogP contribution in [0.5, 0.6) is 0 Å². The summed E-state index contributed by atoms with van der Waals surface area (Å²) in [5.41, 5.74) is 1.70. The van der Waals surface area contributed by atoms with Gasteiger partial charge in [0.1, 0.15) is 0 Å². The van der Waals surface area contributed by atoms with Gasteiger partial charge in [-0.1, -0.05) is 51.1 Å². The maximum atomic E-state index is 12.7. The maximum Gasteiger partial charge on any atom is 0.252 e. The van der Waals surface area contributed by atoms with Crippen LogP contribution in [0.1, 0.15) is 38.4 Å². The van der Waals surface area contributed by atoms with Gasteiger partial charge in [-0.05, 0) is 18.4 Å². The Labute approximate surface area is 208 Å². The van der Waals surface area contributed by atoms with Crippen LogP contribution in [0.15, 0.2) is 41.2 Å². The van der Waals surface area contributed by atoms with E-state index in [2.05, 4.69) is 50.0 Å². The van der Waals surface area contributed by atoms with E-state index in [4.69, 9.17) is 4.98 Å². The van der Waals surface area contributed by atoms with E-state index in [9.17, 15) is 9.59 Å². The summed E-state index contributed by atoms with van der Waals surface area (Å²) < 4.78 is 0. The molecule has 1 aromatic heterocycles. The number of carbonyl (C=O) groups is 1. The number of piperazine rings is 1.